The van der Waals surface area contributed by atoms with E-state index in [0.717, 1.165) is 0 Å². The van der Waals surface area contributed by atoms with Gasteiger partial charge >= 0.3 is 21.8 Å². The van der Waals surface area contributed by atoms with Crippen LogP contribution in [-0.4, -0.2) is 44.6 Å². The Bertz CT molecular complexity index is 391. The fourth-order valence-electron chi connectivity index (χ4n) is 0.667. The quantitative estimate of drug-likeness (QED) is 0.522. The first-order valence-electron chi connectivity index (χ1n) is 4.55. The van der Waals surface area contributed by atoms with Gasteiger partial charge in [-0.1, -0.05) is 0 Å². The molecule has 0 aliphatic rings. The summed E-state index contributed by atoms with van der Waals surface area (Å²) >= 11 is -2.86. The van der Waals surface area contributed by atoms with E-state index in [1.807, 2.05) is 0 Å². The van der Waals surface area contributed by atoms with E-state index in [9.17, 15) is 21.4 Å². The van der Waals surface area contributed by atoms with Crippen LogP contribution in [-0.2, 0) is 34.0 Å². The largest absolute Gasteiger partial charge is 0.390 e. The molecular weight excluding hydrogens is 314 g/mol. The van der Waals surface area contributed by atoms with Crippen molar-refractivity contribution in [3.63, 3.8) is 0 Å². The van der Waals surface area contributed by atoms with Crippen molar-refractivity contribution in [2.45, 2.75) is 25.6 Å². The third-order valence-corrected chi connectivity index (χ3v) is 4.68. The molecule has 1 N–H and O–H groups in total. The van der Waals surface area contributed by atoms with Crippen LogP contribution in [0, 0.1) is 0 Å². The maximum Gasteiger partial charge on any atom is 0.390 e. The van der Waals surface area contributed by atoms with Crippen LogP contribution < -0.4 is 0 Å². The summed E-state index contributed by atoms with van der Waals surface area (Å²) in [6.07, 6.45) is 0. The van der Waals surface area contributed by atoms with Crippen molar-refractivity contribution < 1.29 is 38.2 Å². The molecule has 0 aromatic heterocycles. The van der Waals surface area contributed by atoms with E-state index in [-0.39, 0.29) is 0 Å². The lowest BCUT2D eigenvalue weighted by Gasteiger charge is -2.18. The highest BCUT2D eigenvalue weighted by Crippen LogP contribution is 2.18. The summed E-state index contributed by atoms with van der Waals surface area (Å²) in [4.78, 5) is 0. The van der Waals surface area contributed by atoms with Crippen LogP contribution in [0.3, 0.4) is 0 Å². The van der Waals surface area contributed by atoms with E-state index in [1.54, 1.807) is 0 Å². The minimum Gasteiger partial charge on any atom is -0.294 e. The van der Waals surface area contributed by atoms with Crippen LogP contribution in [0.5, 0.6) is 0 Å². The maximum atomic E-state index is 12.9. The van der Waals surface area contributed by atoms with Crippen LogP contribution in [0.4, 0.5) is 8.78 Å². The number of rotatable bonds is 8. The van der Waals surface area contributed by atoms with Crippen molar-refractivity contribution >= 4 is 30.1 Å². The summed E-state index contributed by atoms with van der Waals surface area (Å²) in [7, 11) is -7.03. The number of hydrogen-bond donors (Lipinski definition) is 1. The predicted octanol–water partition coefficient (Wildman–Crippen LogP) is 0.888. The van der Waals surface area contributed by atoms with Crippen LogP contribution in [0.2, 0.25) is 19.6 Å². The molecule has 0 heterocycles. The summed E-state index contributed by atoms with van der Waals surface area (Å²) < 4.78 is 78.6. The third-order valence-electron chi connectivity index (χ3n) is 1.14. The molecular formula is C6H14F2O7S2Si. The van der Waals surface area contributed by atoms with Gasteiger partial charge in [0, 0.05) is 0 Å². The van der Waals surface area contributed by atoms with Gasteiger partial charge in [-0.05, 0) is 19.6 Å². The molecule has 0 saturated carbocycles. The molecule has 0 fully saturated rings. The van der Waals surface area contributed by atoms with Gasteiger partial charge < -0.3 is 0 Å². The van der Waals surface area contributed by atoms with Gasteiger partial charge in [-0.25, -0.2) is 13.0 Å². The highest BCUT2D eigenvalue weighted by Gasteiger charge is 2.35. The summed E-state index contributed by atoms with van der Waals surface area (Å²) in [5.41, 5.74) is 0. The molecule has 0 aliphatic carbocycles. The second-order valence-corrected chi connectivity index (χ2v) is 10.8. The SMILES string of the molecule is C[Si](C)(C)OS(=O)(=O)OCC(F)(F)COS(=O)O. The number of alkyl halides is 2. The lowest BCUT2D eigenvalue weighted by Crippen LogP contribution is -2.35. The van der Waals surface area contributed by atoms with Crippen molar-refractivity contribution in [1.29, 1.82) is 0 Å². The second kappa shape index (κ2) is 6.45. The Hall–Kier alpha value is 0.0169. The molecule has 0 rings (SSSR count). The lowest BCUT2D eigenvalue weighted by atomic mass is 10.4. The number of hydrogen-bond acceptors (Lipinski definition) is 6. The predicted molar refractivity (Wildman–Crippen MR) is 61.0 cm³/mol. The zero-order valence-electron chi connectivity index (χ0n) is 9.88. The van der Waals surface area contributed by atoms with Crippen molar-refractivity contribution in [2.24, 2.45) is 0 Å². The van der Waals surface area contributed by atoms with Gasteiger partial charge in [0.15, 0.2) is 0 Å². The average Bonchev–Trinajstić information content (AvgIpc) is 2.09. The molecule has 0 saturated heterocycles. The molecule has 12 heteroatoms. The molecule has 0 aliphatic heterocycles. The molecule has 7 nitrogen and oxygen atoms in total. The molecule has 1 atom stereocenters. The van der Waals surface area contributed by atoms with E-state index >= 15 is 0 Å². The van der Waals surface area contributed by atoms with Gasteiger partial charge in [0.2, 0.25) is 8.32 Å². The Morgan fingerprint density at radius 1 is 1.28 bits per heavy atom. The summed E-state index contributed by atoms with van der Waals surface area (Å²) in [6.45, 7) is 1.62. The van der Waals surface area contributed by atoms with E-state index in [4.69, 9.17) is 4.55 Å². The Labute approximate surface area is 107 Å². The maximum absolute atomic E-state index is 12.9. The summed E-state index contributed by atoms with van der Waals surface area (Å²) in [6, 6.07) is 0. The van der Waals surface area contributed by atoms with E-state index in [0.29, 0.717) is 0 Å². The van der Waals surface area contributed by atoms with Gasteiger partial charge in [0.1, 0.15) is 13.2 Å². The smallest absolute Gasteiger partial charge is 0.294 e. The standard InChI is InChI=1S/C6H14F2O7S2Si/c1-18(2,3)15-17(11,12)14-5-6(7,8)4-13-16(9)10/h4-5H2,1-3H3,(H,9,10). The molecule has 0 bridgehead atoms. The van der Waals surface area contributed by atoms with Gasteiger partial charge in [-0.15, -0.1) is 0 Å². The Morgan fingerprint density at radius 3 is 2.17 bits per heavy atom. The van der Waals surface area contributed by atoms with Gasteiger partial charge in [-0.2, -0.15) is 12.6 Å². The van der Waals surface area contributed by atoms with Crippen molar-refractivity contribution in [3.8, 4) is 0 Å². The summed E-state index contributed by atoms with van der Waals surface area (Å²) in [5.74, 6) is -3.73. The molecule has 110 valence electrons. The van der Waals surface area contributed by atoms with Crippen LogP contribution in [0.25, 0.3) is 0 Å². The molecule has 0 aromatic carbocycles. The van der Waals surface area contributed by atoms with Crippen LogP contribution in [0.1, 0.15) is 0 Å². The van der Waals surface area contributed by atoms with Crippen molar-refractivity contribution in [3.05, 3.63) is 0 Å². The average molecular weight is 328 g/mol. The molecule has 0 amide bonds. The monoisotopic (exact) mass is 328 g/mol. The molecule has 18 heavy (non-hydrogen) atoms. The highest BCUT2D eigenvalue weighted by molar-refractivity contribution is 7.83. The molecule has 1 unspecified atom stereocenters. The highest BCUT2D eigenvalue weighted by atomic mass is 32.3. The third kappa shape index (κ3) is 9.99. The molecule has 0 spiro atoms. The Kier molecular flexibility index (Phi) is 6.46. The van der Waals surface area contributed by atoms with Gasteiger partial charge in [0.05, 0.1) is 0 Å². The van der Waals surface area contributed by atoms with Gasteiger partial charge in [0.25, 0.3) is 5.92 Å². The normalized spacial score (nSPS) is 15.7. The zero-order chi connectivity index (χ0) is 14.6. The van der Waals surface area contributed by atoms with E-state index < -0.39 is 49.2 Å². The van der Waals surface area contributed by atoms with E-state index in [2.05, 4.69) is 12.2 Å². The zero-order valence-corrected chi connectivity index (χ0v) is 12.5. The number of halogens is 2. The first-order chi connectivity index (χ1) is 7.83. The summed E-state index contributed by atoms with van der Waals surface area (Å²) in [5, 5.41) is 0. The van der Waals surface area contributed by atoms with Crippen LogP contribution >= 0.6 is 0 Å². The first-order valence-corrected chi connectivity index (χ1v) is 10.3. The first kappa shape index (κ1) is 18.0. The fraction of sp³-hybridized carbons (Fsp3) is 1.00. The Balaban J connectivity index is 4.34. The second-order valence-electron chi connectivity index (χ2n) is 4.20. The van der Waals surface area contributed by atoms with E-state index in [1.165, 1.54) is 19.6 Å². The molecule has 0 aromatic rings. The topological polar surface area (TPSA) is 99.1 Å². The molecule has 0 radical (unpaired) electrons. The minimum atomic E-state index is -4.52. The van der Waals surface area contributed by atoms with Gasteiger partial charge in [-0.3, -0.25) is 12.6 Å². The van der Waals surface area contributed by atoms with Crippen LogP contribution in [0.15, 0.2) is 0 Å². The Morgan fingerprint density at radius 2 is 1.78 bits per heavy atom. The minimum absolute atomic E-state index is 1.45. The lowest BCUT2D eigenvalue weighted by molar-refractivity contribution is -0.0722. The van der Waals surface area contributed by atoms with Crippen molar-refractivity contribution in [1.82, 2.24) is 0 Å². The fourth-order valence-corrected chi connectivity index (χ4v) is 3.90. The van der Waals surface area contributed by atoms with Crippen molar-refractivity contribution in [2.75, 3.05) is 13.2 Å².